The van der Waals surface area contributed by atoms with Gasteiger partial charge in [0.2, 0.25) is 0 Å². The summed E-state index contributed by atoms with van der Waals surface area (Å²) in [5.74, 6) is 0.451. The van der Waals surface area contributed by atoms with Crippen LogP contribution < -0.4 is 5.32 Å². The molecule has 2 N–H and O–H groups in total. The number of aromatic nitrogens is 2. The van der Waals surface area contributed by atoms with E-state index in [0.29, 0.717) is 22.4 Å². The van der Waals surface area contributed by atoms with Gasteiger partial charge >= 0.3 is 0 Å². The summed E-state index contributed by atoms with van der Waals surface area (Å²) in [4.78, 5) is 8.05. The Labute approximate surface area is 125 Å². The number of hydrogen-bond acceptors (Lipinski definition) is 4. The summed E-state index contributed by atoms with van der Waals surface area (Å²) in [6, 6.07) is 5.72. The lowest BCUT2D eigenvalue weighted by molar-refractivity contribution is 0.191. The molecule has 4 nitrogen and oxygen atoms in total. The third-order valence-corrected chi connectivity index (χ3v) is 3.11. The van der Waals surface area contributed by atoms with Crippen molar-refractivity contribution in [2.75, 3.05) is 11.9 Å². The van der Waals surface area contributed by atoms with E-state index in [0.717, 1.165) is 0 Å². The zero-order valence-corrected chi connectivity index (χ0v) is 12.1. The number of halogens is 3. The van der Waals surface area contributed by atoms with E-state index in [4.69, 9.17) is 23.2 Å². The molecule has 0 bridgehead atoms. The molecule has 0 radical (unpaired) electrons. The molecule has 1 aromatic carbocycles. The van der Waals surface area contributed by atoms with Gasteiger partial charge in [-0.3, -0.25) is 0 Å². The van der Waals surface area contributed by atoms with E-state index in [1.54, 1.807) is 19.1 Å². The molecule has 0 aliphatic heterocycles. The highest BCUT2D eigenvalue weighted by molar-refractivity contribution is 6.30. The lowest BCUT2D eigenvalue weighted by Crippen LogP contribution is -2.13. The van der Waals surface area contributed by atoms with Crippen LogP contribution in [-0.2, 0) is 0 Å². The molecule has 0 amide bonds. The van der Waals surface area contributed by atoms with Crippen LogP contribution in [0.2, 0.25) is 10.2 Å². The van der Waals surface area contributed by atoms with E-state index >= 15 is 0 Å². The quantitative estimate of drug-likeness (QED) is 0.849. The number of nitrogens with one attached hydrogen (secondary N) is 1. The number of rotatable bonds is 4. The SMILES string of the molecule is Cc1nc(Cl)cc(NCC(O)c2ccc(Cl)c(F)c2)n1. The number of hydrogen-bond donors (Lipinski definition) is 2. The first-order valence-corrected chi connectivity index (χ1v) is 6.59. The summed E-state index contributed by atoms with van der Waals surface area (Å²) in [6.45, 7) is 1.87. The second-order valence-electron chi connectivity index (χ2n) is 4.19. The Morgan fingerprint density at radius 3 is 2.70 bits per heavy atom. The Morgan fingerprint density at radius 2 is 2.05 bits per heavy atom. The lowest BCUT2D eigenvalue weighted by Gasteiger charge is -2.13. The van der Waals surface area contributed by atoms with E-state index in [9.17, 15) is 9.50 Å². The fourth-order valence-electron chi connectivity index (χ4n) is 1.66. The molecule has 1 heterocycles. The number of aryl methyl sites for hydroxylation is 1. The number of benzene rings is 1. The smallest absolute Gasteiger partial charge is 0.142 e. The minimum absolute atomic E-state index is 0.0205. The largest absolute Gasteiger partial charge is 0.387 e. The first-order valence-electron chi connectivity index (χ1n) is 5.84. The molecule has 106 valence electrons. The van der Waals surface area contributed by atoms with Gasteiger partial charge in [-0.1, -0.05) is 29.3 Å². The fourth-order valence-corrected chi connectivity index (χ4v) is 2.00. The monoisotopic (exact) mass is 315 g/mol. The molecule has 20 heavy (non-hydrogen) atoms. The topological polar surface area (TPSA) is 58.0 Å². The van der Waals surface area contributed by atoms with Gasteiger partial charge in [-0.25, -0.2) is 14.4 Å². The van der Waals surface area contributed by atoms with Crippen molar-refractivity contribution in [2.45, 2.75) is 13.0 Å². The molecular weight excluding hydrogens is 304 g/mol. The van der Waals surface area contributed by atoms with E-state index in [2.05, 4.69) is 15.3 Å². The third kappa shape index (κ3) is 3.79. The maximum absolute atomic E-state index is 13.3. The minimum Gasteiger partial charge on any atom is -0.387 e. The molecule has 1 aromatic heterocycles. The minimum atomic E-state index is -0.893. The van der Waals surface area contributed by atoms with E-state index in [1.165, 1.54) is 12.1 Å². The van der Waals surface area contributed by atoms with Crippen molar-refractivity contribution in [3.05, 3.63) is 51.6 Å². The first-order chi connectivity index (χ1) is 9.45. The Morgan fingerprint density at radius 1 is 1.30 bits per heavy atom. The molecule has 2 aromatic rings. The Kier molecular flexibility index (Phi) is 4.75. The number of aliphatic hydroxyl groups is 1. The van der Waals surface area contributed by atoms with E-state index in [-0.39, 0.29) is 11.6 Å². The number of anilines is 1. The molecule has 0 spiro atoms. The van der Waals surface area contributed by atoms with E-state index < -0.39 is 11.9 Å². The Balaban J connectivity index is 2.04. The predicted molar refractivity (Wildman–Crippen MR) is 76.6 cm³/mol. The molecule has 2 rings (SSSR count). The van der Waals surface area contributed by atoms with Gasteiger partial charge in [0.05, 0.1) is 11.1 Å². The number of nitrogens with zero attached hydrogens (tertiary/aromatic N) is 2. The highest BCUT2D eigenvalue weighted by Crippen LogP contribution is 2.21. The normalized spacial score (nSPS) is 12.2. The zero-order chi connectivity index (χ0) is 14.7. The van der Waals surface area contributed by atoms with Gasteiger partial charge in [-0.05, 0) is 24.6 Å². The van der Waals surface area contributed by atoms with Crippen LogP contribution in [-0.4, -0.2) is 21.6 Å². The van der Waals surface area contributed by atoms with Crippen molar-refractivity contribution in [1.29, 1.82) is 0 Å². The van der Waals surface area contributed by atoms with Gasteiger partial charge in [0.25, 0.3) is 0 Å². The Hall–Kier alpha value is -1.43. The van der Waals surface area contributed by atoms with Crippen molar-refractivity contribution in [1.82, 2.24) is 9.97 Å². The number of aliphatic hydroxyl groups excluding tert-OH is 1. The molecule has 0 aliphatic carbocycles. The van der Waals surface area contributed by atoms with Gasteiger partial charge in [0, 0.05) is 12.6 Å². The van der Waals surface area contributed by atoms with Crippen LogP contribution in [0.1, 0.15) is 17.5 Å². The van der Waals surface area contributed by atoms with Gasteiger partial charge in [-0.2, -0.15) is 0 Å². The lowest BCUT2D eigenvalue weighted by atomic mass is 10.1. The summed E-state index contributed by atoms with van der Waals surface area (Å²) in [7, 11) is 0. The van der Waals surface area contributed by atoms with Gasteiger partial charge in [0.15, 0.2) is 0 Å². The van der Waals surface area contributed by atoms with Crippen LogP contribution in [0, 0.1) is 12.7 Å². The molecule has 0 saturated heterocycles. The van der Waals surface area contributed by atoms with Gasteiger partial charge in [0.1, 0.15) is 22.6 Å². The molecular formula is C13H12Cl2FN3O. The summed E-state index contributed by atoms with van der Waals surface area (Å²) in [5, 5.41) is 13.2. The maximum Gasteiger partial charge on any atom is 0.142 e. The third-order valence-electron chi connectivity index (χ3n) is 2.61. The van der Waals surface area contributed by atoms with Crippen molar-refractivity contribution < 1.29 is 9.50 Å². The van der Waals surface area contributed by atoms with Crippen molar-refractivity contribution >= 4 is 29.0 Å². The van der Waals surface area contributed by atoms with Gasteiger partial charge < -0.3 is 10.4 Å². The van der Waals surface area contributed by atoms with Crippen LogP contribution in [0.3, 0.4) is 0 Å². The maximum atomic E-state index is 13.3. The molecule has 7 heteroatoms. The Bertz CT molecular complexity index is 604. The zero-order valence-electron chi connectivity index (χ0n) is 10.6. The van der Waals surface area contributed by atoms with Crippen LogP contribution >= 0.6 is 23.2 Å². The van der Waals surface area contributed by atoms with Crippen molar-refractivity contribution in [3.8, 4) is 0 Å². The second-order valence-corrected chi connectivity index (χ2v) is 4.99. The molecule has 1 atom stereocenters. The second kappa shape index (κ2) is 6.35. The average Bonchev–Trinajstić information content (AvgIpc) is 2.38. The van der Waals surface area contributed by atoms with Crippen molar-refractivity contribution in [3.63, 3.8) is 0 Å². The predicted octanol–water partition coefficient (Wildman–Crippen LogP) is 3.38. The summed E-state index contributed by atoms with van der Waals surface area (Å²) in [6.07, 6.45) is -0.893. The van der Waals surface area contributed by atoms with E-state index in [1.807, 2.05) is 0 Å². The van der Waals surface area contributed by atoms with Crippen LogP contribution in [0.25, 0.3) is 0 Å². The van der Waals surface area contributed by atoms with Crippen LogP contribution in [0.15, 0.2) is 24.3 Å². The molecule has 0 saturated carbocycles. The highest BCUT2D eigenvalue weighted by atomic mass is 35.5. The van der Waals surface area contributed by atoms with Crippen molar-refractivity contribution in [2.24, 2.45) is 0 Å². The standard InChI is InChI=1S/C13H12Cl2FN3O/c1-7-18-12(15)5-13(19-7)17-6-11(20)8-2-3-9(14)10(16)4-8/h2-5,11,20H,6H2,1H3,(H,17,18,19). The fraction of sp³-hybridized carbons (Fsp3) is 0.231. The average molecular weight is 316 g/mol. The van der Waals surface area contributed by atoms with Crippen LogP contribution in [0.5, 0.6) is 0 Å². The first kappa shape index (κ1) is 15.0. The molecule has 0 aliphatic rings. The summed E-state index contributed by atoms with van der Waals surface area (Å²) < 4.78 is 13.3. The highest BCUT2D eigenvalue weighted by Gasteiger charge is 2.11. The molecule has 1 unspecified atom stereocenters. The van der Waals surface area contributed by atoms with Crippen LogP contribution in [0.4, 0.5) is 10.2 Å². The summed E-state index contributed by atoms with van der Waals surface area (Å²) >= 11 is 11.4. The van der Waals surface area contributed by atoms with Gasteiger partial charge in [-0.15, -0.1) is 0 Å². The summed E-state index contributed by atoms with van der Waals surface area (Å²) in [5.41, 5.74) is 0.427. The molecule has 0 fully saturated rings.